The SMILES string of the molecule is CS(=O)(=O)C1C=CC=C2CC3NC3C=CC21. The van der Waals surface area contributed by atoms with Crippen molar-refractivity contribution in [2.75, 3.05) is 6.26 Å². The topological polar surface area (TPSA) is 56.1 Å². The van der Waals surface area contributed by atoms with E-state index in [1.165, 1.54) is 11.8 Å². The van der Waals surface area contributed by atoms with Crippen LogP contribution < -0.4 is 5.32 Å². The van der Waals surface area contributed by atoms with Gasteiger partial charge in [0.25, 0.3) is 0 Å². The molecule has 0 radical (unpaired) electrons. The van der Waals surface area contributed by atoms with Gasteiger partial charge in [-0.2, -0.15) is 0 Å². The first-order valence-corrected chi connectivity index (χ1v) is 7.52. The molecule has 3 aliphatic rings. The predicted molar refractivity (Wildman–Crippen MR) is 63.8 cm³/mol. The summed E-state index contributed by atoms with van der Waals surface area (Å²) in [5.74, 6) is 0.0506. The molecular weight excluding hydrogens is 222 g/mol. The highest BCUT2D eigenvalue weighted by Crippen LogP contribution is 2.36. The van der Waals surface area contributed by atoms with E-state index in [1.807, 2.05) is 6.08 Å². The molecule has 0 aromatic carbocycles. The van der Waals surface area contributed by atoms with Gasteiger partial charge in [-0.15, -0.1) is 0 Å². The summed E-state index contributed by atoms with van der Waals surface area (Å²) in [6, 6.07) is 0.992. The molecule has 0 saturated carbocycles. The summed E-state index contributed by atoms with van der Waals surface area (Å²) in [4.78, 5) is 0. The zero-order valence-electron chi connectivity index (χ0n) is 9.13. The fraction of sp³-hybridized carbons (Fsp3) is 0.500. The van der Waals surface area contributed by atoms with E-state index < -0.39 is 9.84 Å². The summed E-state index contributed by atoms with van der Waals surface area (Å²) in [5, 5.41) is 2.98. The van der Waals surface area contributed by atoms with Gasteiger partial charge >= 0.3 is 0 Å². The Hall–Kier alpha value is -0.870. The molecule has 0 bridgehead atoms. The Balaban J connectivity index is 1.98. The first-order chi connectivity index (χ1) is 7.55. The van der Waals surface area contributed by atoms with Crippen LogP contribution in [0.4, 0.5) is 0 Å². The van der Waals surface area contributed by atoms with Crippen LogP contribution in [0, 0.1) is 5.92 Å². The quantitative estimate of drug-likeness (QED) is 0.542. The van der Waals surface area contributed by atoms with E-state index in [2.05, 4.69) is 23.5 Å². The van der Waals surface area contributed by atoms with Crippen LogP contribution in [0.25, 0.3) is 0 Å². The van der Waals surface area contributed by atoms with E-state index in [-0.39, 0.29) is 11.2 Å². The van der Waals surface area contributed by atoms with E-state index in [1.54, 1.807) is 6.08 Å². The molecule has 4 atom stereocenters. The number of rotatable bonds is 1. The van der Waals surface area contributed by atoms with Crippen LogP contribution in [0.3, 0.4) is 0 Å². The lowest BCUT2D eigenvalue weighted by Crippen LogP contribution is -2.29. The molecular formula is C12H15NO2S. The number of fused-ring (bicyclic) bond motifs is 2. The smallest absolute Gasteiger partial charge is 0.154 e. The van der Waals surface area contributed by atoms with Gasteiger partial charge in [-0.1, -0.05) is 36.0 Å². The molecule has 1 saturated heterocycles. The van der Waals surface area contributed by atoms with E-state index in [9.17, 15) is 8.42 Å². The molecule has 1 aliphatic heterocycles. The number of nitrogens with one attached hydrogen (secondary N) is 1. The van der Waals surface area contributed by atoms with E-state index in [4.69, 9.17) is 0 Å². The first-order valence-electron chi connectivity index (χ1n) is 5.56. The van der Waals surface area contributed by atoms with Gasteiger partial charge in [0.1, 0.15) is 0 Å². The predicted octanol–water partition coefficient (Wildman–Crippen LogP) is 0.812. The van der Waals surface area contributed by atoms with Gasteiger partial charge in [0, 0.05) is 24.3 Å². The van der Waals surface area contributed by atoms with E-state index >= 15 is 0 Å². The maximum Gasteiger partial charge on any atom is 0.154 e. The molecule has 2 aliphatic carbocycles. The van der Waals surface area contributed by atoms with Crippen molar-refractivity contribution in [3.05, 3.63) is 36.0 Å². The van der Waals surface area contributed by atoms with Crippen LogP contribution in [0.15, 0.2) is 36.0 Å². The Labute approximate surface area is 95.8 Å². The van der Waals surface area contributed by atoms with Crippen LogP contribution in [0.1, 0.15) is 6.42 Å². The summed E-state index contributed by atoms with van der Waals surface area (Å²) in [7, 11) is -3.01. The maximum absolute atomic E-state index is 11.7. The molecule has 86 valence electrons. The minimum absolute atomic E-state index is 0.0506. The monoisotopic (exact) mass is 237 g/mol. The van der Waals surface area contributed by atoms with Crippen molar-refractivity contribution >= 4 is 9.84 Å². The zero-order chi connectivity index (χ0) is 11.3. The lowest BCUT2D eigenvalue weighted by molar-refractivity contribution is 0.578. The second kappa shape index (κ2) is 3.31. The summed E-state index contributed by atoms with van der Waals surface area (Å²) in [6.07, 6.45) is 12.2. The number of hydrogen-bond acceptors (Lipinski definition) is 3. The Morgan fingerprint density at radius 2 is 2.12 bits per heavy atom. The zero-order valence-corrected chi connectivity index (χ0v) is 9.94. The van der Waals surface area contributed by atoms with Gasteiger partial charge in [0.2, 0.25) is 0 Å². The molecule has 0 aromatic rings. The lowest BCUT2D eigenvalue weighted by Gasteiger charge is -2.25. The normalized spacial score (nSPS) is 40.7. The van der Waals surface area contributed by atoms with Crippen molar-refractivity contribution < 1.29 is 8.42 Å². The molecule has 16 heavy (non-hydrogen) atoms. The highest BCUT2D eigenvalue weighted by atomic mass is 32.2. The Morgan fingerprint density at radius 3 is 2.88 bits per heavy atom. The second-order valence-electron chi connectivity index (χ2n) is 4.83. The lowest BCUT2D eigenvalue weighted by atomic mass is 9.89. The van der Waals surface area contributed by atoms with Gasteiger partial charge in [0.05, 0.1) is 5.25 Å². The van der Waals surface area contributed by atoms with Crippen molar-refractivity contribution in [3.8, 4) is 0 Å². The molecule has 1 heterocycles. The third-order valence-electron chi connectivity index (χ3n) is 3.60. The van der Waals surface area contributed by atoms with Crippen molar-refractivity contribution in [1.82, 2.24) is 5.32 Å². The highest BCUT2D eigenvalue weighted by molar-refractivity contribution is 7.91. The van der Waals surface area contributed by atoms with Crippen LogP contribution in [0.5, 0.6) is 0 Å². The van der Waals surface area contributed by atoms with Gasteiger partial charge in [-0.05, 0) is 6.42 Å². The summed E-state index contributed by atoms with van der Waals surface area (Å²) >= 11 is 0. The average molecular weight is 237 g/mol. The number of sulfone groups is 1. The van der Waals surface area contributed by atoms with Crippen LogP contribution >= 0.6 is 0 Å². The highest BCUT2D eigenvalue weighted by Gasteiger charge is 2.41. The van der Waals surface area contributed by atoms with Crippen LogP contribution in [-0.2, 0) is 9.84 Å². The van der Waals surface area contributed by atoms with Crippen molar-refractivity contribution in [2.24, 2.45) is 5.92 Å². The van der Waals surface area contributed by atoms with E-state index in [0.29, 0.717) is 12.1 Å². The third-order valence-corrected chi connectivity index (χ3v) is 5.04. The van der Waals surface area contributed by atoms with Crippen LogP contribution in [0.2, 0.25) is 0 Å². The summed E-state index contributed by atoms with van der Waals surface area (Å²) in [5.41, 5.74) is 1.24. The molecule has 3 rings (SSSR count). The van der Waals surface area contributed by atoms with Gasteiger partial charge in [-0.25, -0.2) is 8.42 Å². The minimum atomic E-state index is -3.01. The second-order valence-corrected chi connectivity index (χ2v) is 7.04. The molecule has 0 aromatic heterocycles. The molecule has 0 spiro atoms. The van der Waals surface area contributed by atoms with Crippen molar-refractivity contribution in [3.63, 3.8) is 0 Å². The summed E-state index contributed by atoms with van der Waals surface area (Å²) < 4.78 is 23.4. The molecule has 4 unspecified atom stereocenters. The Morgan fingerprint density at radius 1 is 1.31 bits per heavy atom. The Bertz CT molecular complexity index is 501. The number of hydrogen-bond donors (Lipinski definition) is 1. The molecule has 3 nitrogen and oxygen atoms in total. The van der Waals surface area contributed by atoms with Crippen molar-refractivity contribution in [2.45, 2.75) is 23.8 Å². The fourth-order valence-corrected chi connectivity index (χ4v) is 3.81. The fourth-order valence-electron chi connectivity index (χ4n) is 2.64. The van der Waals surface area contributed by atoms with E-state index in [0.717, 1.165) is 6.42 Å². The molecule has 4 heteroatoms. The number of allylic oxidation sites excluding steroid dienone is 3. The Kier molecular flexibility index (Phi) is 2.13. The molecule has 0 amide bonds. The standard InChI is InChI=1S/C12H15NO2S/c1-16(14,15)12-4-2-3-8-7-11-10(13-11)6-5-9(8)12/h2-6,9-13H,7H2,1H3. The maximum atomic E-state index is 11.7. The average Bonchev–Trinajstić information content (AvgIpc) is 2.91. The minimum Gasteiger partial charge on any atom is -0.304 e. The van der Waals surface area contributed by atoms with Crippen LogP contribution in [-0.4, -0.2) is 32.0 Å². The van der Waals surface area contributed by atoms with Crippen molar-refractivity contribution in [1.29, 1.82) is 0 Å². The van der Waals surface area contributed by atoms with Gasteiger partial charge in [0.15, 0.2) is 9.84 Å². The van der Waals surface area contributed by atoms with Gasteiger partial charge in [-0.3, -0.25) is 0 Å². The third kappa shape index (κ3) is 1.66. The first kappa shape index (κ1) is 10.3. The van der Waals surface area contributed by atoms with Gasteiger partial charge < -0.3 is 5.32 Å². The summed E-state index contributed by atoms with van der Waals surface area (Å²) in [6.45, 7) is 0. The molecule has 1 fully saturated rings. The molecule has 1 N–H and O–H groups in total. The largest absolute Gasteiger partial charge is 0.304 e.